The zero-order valence-electron chi connectivity index (χ0n) is 8.85. The van der Waals surface area contributed by atoms with Gasteiger partial charge in [-0.1, -0.05) is 30.3 Å². The topological polar surface area (TPSA) is 42.2 Å². The fourth-order valence-corrected chi connectivity index (χ4v) is 1.09. The van der Waals surface area contributed by atoms with Gasteiger partial charge in [0.1, 0.15) is 6.10 Å². The molecule has 0 heterocycles. The number of nitrogens with zero attached hydrogens (tertiary/aromatic N) is 1. The molecule has 0 bridgehead atoms. The number of hydrogen-bond acceptors (Lipinski definition) is 3. The predicted octanol–water partition coefficient (Wildman–Crippen LogP) is 2.13. The fourth-order valence-electron chi connectivity index (χ4n) is 1.09. The average molecular weight is 205 g/mol. The van der Waals surface area contributed by atoms with Gasteiger partial charge in [-0.3, -0.25) is 0 Å². The van der Waals surface area contributed by atoms with E-state index in [1.165, 1.54) is 0 Å². The van der Waals surface area contributed by atoms with E-state index in [9.17, 15) is 0 Å². The minimum Gasteiger partial charge on any atom is -0.374 e. The maximum absolute atomic E-state index is 8.45. The molecule has 0 saturated heterocycles. The lowest BCUT2D eigenvalue weighted by molar-refractivity contribution is 0.0259. The first-order valence-electron chi connectivity index (χ1n) is 4.96. The van der Waals surface area contributed by atoms with E-state index in [0.717, 1.165) is 5.56 Å². The highest BCUT2D eigenvalue weighted by molar-refractivity contribution is 5.13. The molecule has 1 rings (SSSR count). The Kier molecular flexibility index (Phi) is 5.46. The maximum Gasteiger partial charge on any atom is 0.141 e. The van der Waals surface area contributed by atoms with Crippen molar-refractivity contribution in [1.82, 2.24) is 0 Å². The molecule has 3 heteroatoms. The summed E-state index contributed by atoms with van der Waals surface area (Å²) in [5, 5.41) is 8.45. The smallest absolute Gasteiger partial charge is 0.141 e. The van der Waals surface area contributed by atoms with Crippen LogP contribution in [-0.2, 0) is 16.1 Å². The maximum atomic E-state index is 8.45. The van der Waals surface area contributed by atoms with Gasteiger partial charge in [0.2, 0.25) is 0 Å². The van der Waals surface area contributed by atoms with Crippen molar-refractivity contribution in [3.8, 4) is 6.07 Å². The third-order valence-electron chi connectivity index (χ3n) is 1.89. The Hall–Kier alpha value is -1.37. The second-order valence-electron chi connectivity index (χ2n) is 3.18. The zero-order valence-corrected chi connectivity index (χ0v) is 8.85. The van der Waals surface area contributed by atoms with Gasteiger partial charge in [0.15, 0.2) is 0 Å². The van der Waals surface area contributed by atoms with Crippen molar-refractivity contribution < 1.29 is 9.47 Å². The highest BCUT2D eigenvalue weighted by Crippen LogP contribution is 2.00. The molecule has 0 fully saturated rings. The van der Waals surface area contributed by atoms with Gasteiger partial charge in [-0.25, -0.2) is 0 Å². The number of benzene rings is 1. The van der Waals surface area contributed by atoms with Crippen LogP contribution in [0.1, 0.15) is 12.5 Å². The van der Waals surface area contributed by atoms with Gasteiger partial charge in [0.25, 0.3) is 0 Å². The minimum absolute atomic E-state index is 0.356. The number of hydrogen-bond donors (Lipinski definition) is 0. The molecule has 0 spiro atoms. The number of nitriles is 1. The van der Waals surface area contributed by atoms with Gasteiger partial charge >= 0.3 is 0 Å². The molecule has 1 aromatic carbocycles. The molecule has 0 aromatic heterocycles. The molecule has 0 aliphatic rings. The Bertz CT molecular complexity index is 305. The van der Waals surface area contributed by atoms with Crippen molar-refractivity contribution in [1.29, 1.82) is 5.26 Å². The van der Waals surface area contributed by atoms with Crippen LogP contribution in [0.25, 0.3) is 0 Å². The zero-order chi connectivity index (χ0) is 10.9. The van der Waals surface area contributed by atoms with E-state index in [2.05, 4.69) is 0 Å². The Labute approximate surface area is 90.2 Å². The lowest BCUT2D eigenvalue weighted by Crippen LogP contribution is -2.10. The van der Waals surface area contributed by atoms with Crippen molar-refractivity contribution in [2.24, 2.45) is 0 Å². The van der Waals surface area contributed by atoms with Crippen LogP contribution in [-0.4, -0.2) is 19.3 Å². The van der Waals surface area contributed by atoms with Gasteiger partial charge in [0, 0.05) is 0 Å². The Morgan fingerprint density at radius 2 is 2.00 bits per heavy atom. The normalized spacial score (nSPS) is 12.0. The summed E-state index contributed by atoms with van der Waals surface area (Å²) in [6.45, 7) is 3.28. The molecule has 0 saturated carbocycles. The lowest BCUT2D eigenvalue weighted by Gasteiger charge is -2.06. The molecule has 1 unspecified atom stereocenters. The Morgan fingerprint density at radius 3 is 2.67 bits per heavy atom. The number of rotatable bonds is 6. The molecule has 0 aliphatic heterocycles. The summed E-state index contributed by atoms with van der Waals surface area (Å²) >= 11 is 0. The van der Waals surface area contributed by atoms with E-state index in [4.69, 9.17) is 14.7 Å². The summed E-state index contributed by atoms with van der Waals surface area (Å²) < 4.78 is 10.5. The van der Waals surface area contributed by atoms with E-state index in [1.807, 2.05) is 36.4 Å². The van der Waals surface area contributed by atoms with E-state index >= 15 is 0 Å². The first-order valence-corrected chi connectivity index (χ1v) is 4.96. The van der Waals surface area contributed by atoms with Crippen molar-refractivity contribution in [3.05, 3.63) is 35.9 Å². The standard InChI is InChI=1S/C12H15NO2/c1-11(9-13)15-8-7-14-10-12-5-3-2-4-6-12/h2-6,11H,7-8,10H2,1H3. The molecule has 1 atom stereocenters. The summed E-state index contributed by atoms with van der Waals surface area (Å²) in [6.07, 6.45) is -0.356. The van der Waals surface area contributed by atoms with Crippen molar-refractivity contribution in [2.45, 2.75) is 19.6 Å². The monoisotopic (exact) mass is 205 g/mol. The highest BCUT2D eigenvalue weighted by atomic mass is 16.5. The molecule has 1 aromatic rings. The lowest BCUT2D eigenvalue weighted by atomic mass is 10.2. The predicted molar refractivity (Wildman–Crippen MR) is 57.1 cm³/mol. The van der Waals surface area contributed by atoms with Crippen molar-refractivity contribution in [2.75, 3.05) is 13.2 Å². The van der Waals surface area contributed by atoms with Gasteiger partial charge < -0.3 is 9.47 Å². The molecule has 3 nitrogen and oxygen atoms in total. The summed E-state index contributed by atoms with van der Waals surface area (Å²) in [4.78, 5) is 0. The fraction of sp³-hybridized carbons (Fsp3) is 0.417. The van der Waals surface area contributed by atoms with Crippen LogP contribution in [0.15, 0.2) is 30.3 Å². The van der Waals surface area contributed by atoms with E-state index in [-0.39, 0.29) is 6.10 Å². The second kappa shape index (κ2) is 6.99. The summed E-state index contributed by atoms with van der Waals surface area (Å²) in [5.41, 5.74) is 1.14. The molecule has 0 N–H and O–H groups in total. The molecule has 0 aliphatic carbocycles. The average Bonchev–Trinajstić information content (AvgIpc) is 2.29. The van der Waals surface area contributed by atoms with Gasteiger partial charge in [-0.15, -0.1) is 0 Å². The molecule has 15 heavy (non-hydrogen) atoms. The molecule has 0 radical (unpaired) electrons. The quantitative estimate of drug-likeness (QED) is 0.668. The molecule has 80 valence electrons. The summed E-state index contributed by atoms with van der Waals surface area (Å²) in [6, 6.07) is 12.0. The second-order valence-corrected chi connectivity index (χ2v) is 3.18. The highest BCUT2D eigenvalue weighted by Gasteiger charge is 1.97. The van der Waals surface area contributed by atoms with Crippen LogP contribution in [0.2, 0.25) is 0 Å². The third-order valence-corrected chi connectivity index (χ3v) is 1.89. The van der Waals surface area contributed by atoms with Crippen molar-refractivity contribution in [3.63, 3.8) is 0 Å². The van der Waals surface area contributed by atoms with E-state index in [0.29, 0.717) is 19.8 Å². The number of ether oxygens (including phenoxy) is 2. The SMILES string of the molecule is CC(C#N)OCCOCc1ccccc1. The van der Waals surface area contributed by atoms with E-state index in [1.54, 1.807) is 6.92 Å². The molecular formula is C12H15NO2. The van der Waals surface area contributed by atoms with Crippen LogP contribution in [0.3, 0.4) is 0 Å². The third kappa shape index (κ3) is 5.16. The van der Waals surface area contributed by atoms with Crippen LogP contribution >= 0.6 is 0 Å². The Morgan fingerprint density at radius 1 is 1.27 bits per heavy atom. The van der Waals surface area contributed by atoms with Crippen LogP contribution < -0.4 is 0 Å². The first kappa shape index (κ1) is 11.7. The van der Waals surface area contributed by atoms with Crippen LogP contribution in [0.4, 0.5) is 0 Å². The van der Waals surface area contributed by atoms with E-state index < -0.39 is 0 Å². The summed E-state index contributed by atoms with van der Waals surface area (Å²) in [7, 11) is 0. The van der Waals surface area contributed by atoms with Crippen LogP contribution in [0, 0.1) is 11.3 Å². The largest absolute Gasteiger partial charge is 0.374 e. The van der Waals surface area contributed by atoms with Gasteiger partial charge in [0.05, 0.1) is 25.9 Å². The van der Waals surface area contributed by atoms with Crippen molar-refractivity contribution >= 4 is 0 Å². The van der Waals surface area contributed by atoms with Crippen LogP contribution in [0.5, 0.6) is 0 Å². The summed E-state index contributed by atoms with van der Waals surface area (Å²) in [5.74, 6) is 0. The first-order chi connectivity index (χ1) is 7.33. The molecule has 0 amide bonds. The van der Waals surface area contributed by atoms with Gasteiger partial charge in [-0.05, 0) is 12.5 Å². The van der Waals surface area contributed by atoms with Gasteiger partial charge in [-0.2, -0.15) is 5.26 Å². The molecular weight excluding hydrogens is 190 g/mol. The minimum atomic E-state index is -0.356. The Balaban J connectivity index is 2.06.